The van der Waals surface area contributed by atoms with Crippen molar-refractivity contribution in [3.8, 4) is 0 Å². The largest absolute Gasteiger partial charge is 0.454 e. The molecule has 1 N–H and O–H groups in total. The number of carbonyl (C=O) groups excluding carboxylic acids is 2. The van der Waals surface area contributed by atoms with Crippen molar-refractivity contribution in [2.75, 3.05) is 25.1 Å². The van der Waals surface area contributed by atoms with Gasteiger partial charge in [0.2, 0.25) is 0 Å². The number of benzene rings is 1. The molecule has 1 amide bonds. The van der Waals surface area contributed by atoms with Crippen LogP contribution in [-0.4, -0.2) is 31.7 Å². The zero-order chi connectivity index (χ0) is 17.4. The van der Waals surface area contributed by atoms with Crippen LogP contribution in [0, 0.1) is 0 Å². The highest BCUT2D eigenvalue weighted by Gasteiger charge is 2.16. The predicted molar refractivity (Wildman–Crippen MR) is 90.7 cm³/mol. The molecule has 128 valence electrons. The summed E-state index contributed by atoms with van der Waals surface area (Å²) >= 11 is 0. The third kappa shape index (κ3) is 6.02. The van der Waals surface area contributed by atoms with Gasteiger partial charge in [-0.15, -0.1) is 0 Å². The summed E-state index contributed by atoms with van der Waals surface area (Å²) in [6.07, 6.45) is 0. The minimum absolute atomic E-state index is 0.135. The summed E-state index contributed by atoms with van der Waals surface area (Å²) < 4.78 is 9.84. The normalized spacial score (nSPS) is 10.9. The van der Waals surface area contributed by atoms with Crippen LogP contribution in [0.1, 0.15) is 57.6 Å². The number of ether oxygens (including phenoxy) is 2. The summed E-state index contributed by atoms with van der Waals surface area (Å²) in [6, 6.07) is 6.02. The number of esters is 1. The van der Waals surface area contributed by atoms with Crippen LogP contribution in [0.3, 0.4) is 0 Å². The summed E-state index contributed by atoms with van der Waals surface area (Å²) in [6.45, 7) is 10.1. The van der Waals surface area contributed by atoms with Crippen molar-refractivity contribution in [2.24, 2.45) is 0 Å². The van der Waals surface area contributed by atoms with E-state index in [4.69, 9.17) is 9.47 Å². The molecule has 0 aromatic heterocycles. The first-order valence-corrected chi connectivity index (χ1v) is 8.02. The second-order valence-corrected chi connectivity index (χ2v) is 5.97. The first-order valence-electron chi connectivity index (χ1n) is 8.02. The van der Waals surface area contributed by atoms with Crippen LogP contribution in [-0.2, 0) is 19.1 Å². The van der Waals surface area contributed by atoms with Crippen LogP contribution in [0.5, 0.6) is 0 Å². The monoisotopic (exact) mass is 321 g/mol. The molecule has 1 rings (SSSR count). The van der Waals surface area contributed by atoms with Gasteiger partial charge in [0, 0.05) is 12.3 Å². The minimum atomic E-state index is -0.539. The van der Waals surface area contributed by atoms with Gasteiger partial charge in [-0.3, -0.25) is 4.79 Å². The number of anilines is 1. The standard InChI is InChI=1S/C18H27NO4/c1-6-22-11-17(21)23-10-16(20)19-18-14(12(2)3)8-7-9-15(18)13(4)5/h7-9,12-13H,6,10-11H2,1-5H3,(H,19,20). The second-order valence-electron chi connectivity index (χ2n) is 5.97. The van der Waals surface area contributed by atoms with Crippen molar-refractivity contribution in [3.63, 3.8) is 0 Å². The fraction of sp³-hybridized carbons (Fsp3) is 0.556. The smallest absolute Gasteiger partial charge is 0.332 e. The van der Waals surface area contributed by atoms with Gasteiger partial charge in [0.05, 0.1) is 0 Å². The molecule has 1 aromatic rings. The third-order valence-corrected chi connectivity index (χ3v) is 3.43. The molecule has 0 aliphatic rings. The van der Waals surface area contributed by atoms with Crippen LogP contribution in [0.25, 0.3) is 0 Å². The fourth-order valence-electron chi connectivity index (χ4n) is 2.24. The molecule has 0 saturated heterocycles. The first-order chi connectivity index (χ1) is 10.9. The average molecular weight is 321 g/mol. The van der Waals surface area contributed by atoms with E-state index < -0.39 is 5.97 Å². The van der Waals surface area contributed by atoms with Crippen molar-refractivity contribution in [3.05, 3.63) is 29.3 Å². The predicted octanol–water partition coefficient (Wildman–Crippen LogP) is 3.45. The lowest BCUT2D eigenvalue weighted by Crippen LogP contribution is -2.24. The lowest BCUT2D eigenvalue weighted by atomic mass is 9.92. The maximum atomic E-state index is 12.1. The van der Waals surface area contributed by atoms with Crippen LogP contribution in [0.4, 0.5) is 5.69 Å². The maximum absolute atomic E-state index is 12.1. The fourth-order valence-corrected chi connectivity index (χ4v) is 2.24. The molecule has 0 unspecified atom stereocenters. The molecule has 5 heteroatoms. The number of amides is 1. The molecule has 0 spiro atoms. The Morgan fingerprint density at radius 3 is 2.09 bits per heavy atom. The topological polar surface area (TPSA) is 64.6 Å². The van der Waals surface area contributed by atoms with Crippen molar-refractivity contribution >= 4 is 17.6 Å². The highest BCUT2D eigenvalue weighted by Crippen LogP contribution is 2.32. The van der Waals surface area contributed by atoms with E-state index in [0.717, 1.165) is 16.8 Å². The zero-order valence-corrected chi connectivity index (χ0v) is 14.6. The number of para-hydroxylation sites is 1. The molecule has 1 aromatic carbocycles. The van der Waals surface area contributed by atoms with Gasteiger partial charge in [-0.05, 0) is 29.9 Å². The van der Waals surface area contributed by atoms with E-state index in [9.17, 15) is 9.59 Å². The van der Waals surface area contributed by atoms with Gasteiger partial charge < -0.3 is 14.8 Å². The summed E-state index contributed by atoms with van der Waals surface area (Å²) in [5.41, 5.74) is 2.97. The van der Waals surface area contributed by atoms with Crippen molar-refractivity contribution in [2.45, 2.75) is 46.5 Å². The highest BCUT2D eigenvalue weighted by molar-refractivity contribution is 5.94. The molecule has 0 fully saturated rings. The van der Waals surface area contributed by atoms with Gasteiger partial charge in [0.1, 0.15) is 6.61 Å². The van der Waals surface area contributed by atoms with Crippen molar-refractivity contribution in [1.29, 1.82) is 0 Å². The molecule has 0 aliphatic heterocycles. The highest BCUT2D eigenvalue weighted by atomic mass is 16.6. The second kappa shape index (κ2) is 9.30. The Morgan fingerprint density at radius 2 is 1.61 bits per heavy atom. The van der Waals surface area contributed by atoms with E-state index in [1.807, 2.05) is 18.2 Å². The molecule has 0 atom stereocenters. The molecule has 0 radical (unpaired) electrons. The number of rotatable bonds is 8. The van der Waals surface area contributed by atoms with Gasteiger partial charge in [0.15, 0.2) is 6.61 Å². The summed E-state index contributed by atoms with van der Waals surface area (Å²) in [4.78, 5) is 23.5. The Labute approximate surface area is 138 Å². The van der Waals surface area contributed by atoms with E-state index in [2.05, 4.69) is 33.0 Å². The number of hydrogen-bond donors (Lipinski definition) is 1. The van der Waals surface area contributed by atoms with Crippen LogP contribution in [0.2, 0.25) is 0 Å². The Balaban J connectivity index is 2.79. The zero-order valence-electron chi connectivity index (χ0n) is 14.6. The van der Waals surface area contributed by atoms with E-state index in [0.29, 0.717) is 6.61 Å². The van der Waals surface area contributed by atoms with E-state index in [1.54, 1.807) is 6.92 Å². The van der Waals surface area contributed by atoms with Gasteiger partial charge in [-0.2, -0.15) is 0 Å². The van der Waals surface area contributed by atoms with Crippen molar-refractivity contribution in [1.82, 2.24) is 0 Å². The molecule has 0 bridgehead atoms. The molecule has 0 heterocycles. The Morgan fingerprint density at radius 1 is 1.04 bits per heavy atom. The number of hydrogen-bond acceptors (Lipinski definition) is 4. The molecular weight excluding hydrogens is 294 g/mol. The Bertz CT molecular complexity index is 512. The lowest BCUT2D eigenvalue weighted by Gasteiger charge is -2.20. The number of nitrogens with one attached hydrogen (secondary N) is 1. The molecule has 0 saturated carbocycles. The molecule has 0 aliphatic carbocycles. The summed E-state index contributed by atoms with van der Waals surface area (Å²) in [5, 5.41) is 2.90. The minimum Gasteiger partial charge on any atom is -0.454 e. The van der Waals surface area contributed by atoms with Crippen LogP contribution in [0.15, 0.2) is 18.2 Å². The Hall–Kier alpha value is -1.88. The van der Waals surface area contributed by atoms with E-state index in [1.165, 1.54) is 0 Å². The lowest BCUT2D eigenvalue weighted by molar-refractivity contribution is -0.151. The molecular formula is C18H27NO4. The van der Waals surface area contributed by atoms with Crippen molar-refractivity contribution < 1.29 is 19.1 Å². The summed E-state index contributed by atoms with van der Waals surface area (Å²) in [5.74, 6) is -0.318. The first kappa shape index (κ1) is 19.2. The van der Waals surface area contributed by atoms with Gasteiger partial charge in [-0.1, -0.05) is 45.9 Å². The van der Waals surface area contributed by atoms with Gasteiger partial charge in [0.25, 0.3) is 5.91 Å². The quantitative estimate of drug-likeness (QED) is 0.745. The van der Waals surface area contributed by atoms with Crippen LogP contribution >= 0.6 is 0 Å². The van der Waals surface area contributed by atoms with E-state index in [-0.39, 0.29) is 31.0 Å². The number of carbonyl (C=O) groups is 2. The molecule has 23 heavy (non-hydrogen) atoms. The summed E-state index contributed by atoms with van der Waals surface area (Å²) in [7, 11) is 0. The third-order valence-electron chi connectivity index (χ3n) is 3.43. The van der Waals surface area contributed by atoms with Gasteiger partial charge >= 0.3 is 5.97 Å². The average Bonchev–Trinajstić information content (AvgIpc) is 2.50. The SMILES string of the molecule is CCOCC(=O)OCC(=O)Nc1c(C(C)C)cccc1C(C)C. The van der Waals surface area contributed by atoms with E-state index >= 15 is 0 Å². The Kier molecular flexibility index (Phi) is 7.75. The van der Waals surface area contributed by atoms with Crippen LogP contribution < -0.4 is 5.32 Å². The van der Waals surface area contributed by atoms with Gasteiger partial charge in [-0.25, -0.2) is 4.79 Å². The molecule has 5 nitrogen and oxygen atoms in total. The maximum Gasteiger partial charge on any atom is 0.332 e.